The summed E-state index contributed by atoms with van der Waals surface area (Å²) in [6.45, 7) is 0. The van der Waals surface area contributed by atoms with Gasteiger partial charge < -0.3 is 9.73 Å². The number of anilines is 1. The van der Waals surface area contributed by atoms with Crippen LogP contribution in [0.2, 0.25) is 0 Å². The molecule has 4 aromatic rings. The Labute approximate surface area is 140 Å². The molecule has 1 atom stereocenters. The van der Waals surface area contributed by atoms with Crippen molar-refractivity contribution in [2.75, 3.05) is 5.32 Å². The molecule has 0 saturated heterocycles. The van der Waals surface area contributed by atoms with Crippen LogP contribution in [0, 0.1) is 0 Å². The third-order valence-electron chi connectivity index (χ3n) is 4.27. The van der Waals surface area contributed by atoms with Crippen LogP contribution in [0.4, 0.5) is 5.69 Å². The topological polar surface area (TPSA) is 51.0 Å². The van der Waals surface area contributed by atoms with Crippen LogP contribution in [-0.4, -0.2) is 9.97 Å². The van der Waals surface area contributed by atoms with Crippen molar-refractivity contribution in [3.8, 4) is 0 Å². The third-order valence-corrected chi connectivity index (χ3v) is 4.77. The van der Waals surface area contributed by atoms with Crippen LogP contribution >= 0.6 is 15.9 Å². The van der Waals surface area contributed by atoms with Gasteiger partial charge in [-0.15, -0.1) is 0 Å². The van der Waals surface area contributed by atoms with E-state index in [-0.39, 0.29) is 6.04 Å². The molecule has 2 aromatic carbocycles. The maximum absolute atomic E-state index is 5.82. The summed E-state index contributed by atoms with van der Waals surface area (Å²) >= 11 is 3.51. The summed E-state index contributed by atoms with van der Waals surface area (Å²) in [6.07, 6.45) is 2.68. The van der Waals surface area contributed by atoms with Crippen LogP contribution in [0.3, 0.4) is 0 Å². The SMILES string of the molecule is Brc1ccc2oc3cnc([C@@H]4Cc5ccccc5N4)nc3c2c1. The summed E-state index contributed by atoms with van der Waals surface area (Å²) in [6, 6.07) is 14.4. The van der Waals surface area contributed by atoms with E-state index in [4.69, 9.17) is 9.40 Å². The molecular formula is C18H12BrN3O. The predicted molar refractivity (Wildman–Crippen MR) is 93.5 cm³/mol. The van der Waals surface area contributed by atoms with E-state index in [9.17, 15) is 0 Å². The third kappa shape index (κ3) is 2.04. The molecule has 0 spiro atoms. The van der Waals surface area contributed by atoms with Crippen molar-refractivity contribution in [1.82, 2.24) is 9.97 Å². The quantitative estimate of drug-likeness (QED) is 0.523. The van der Waals surface area contributed by atoms with E-state index in [1.165, 1.54) is 11.3 Å². The molecule has 5 heteroatoms. The molecule has 2 aromatic heterocycles. The van der Waals surface area contributed by atoms with Crippen molar-refractivity contribution in [2.45, 2.75) is 12.5 Å². The molecule has 3 heterocycles. The van der Waals surface area contributed by atoms with Crippen molar-refractivity contribution in [3.05, 3.63) is 64.5 Å². The number of nitrogens with one attached hydrogen (secondary N) is 1. The first-order valence-corrected chi connectivity index (χ1v) is 8.26. The number of fused-ring (bicyclic) bond motifs is 4. The molecule has 0 fully saturated rings. The van der Waals surface area contributed by atoms with Crippen molar-refractivity contribution in [3.63, 3.8) is 0 Å². The summed E-state index contributed by atoms with van der Waals surface area (Å²) in [7, 11) is 0. The fraction of sp³-hybridized carbons (Fsp3) is 0.111. The minimum atomic E-state index is 0.105. The first kappa shape index (κ1) is 13.1. The van der Waals surface area contributed by atoms with E-state index in [0.717, 1.165) is 38.8 Å². The van der Waals surface area contributed by atoms with E-state index in [1.807, 2.05) is 24.3 Å². The van der Waals surface area contributed by atoms with Crippen molar-refractivity contribution >= 4 is 43.7 Å². The normalized spacial score (nSPS) is 16.7. The molecule has 0 radical (unpaired) electrons. The molecule has 0 aliphatic carbocycles. The number of nitrogens with zero attached hydrogens (tertiary/aromatic N) is 2. The molecule has 1 aliphatic rings. The lowest BCUT2D eigenvalue weighted by Gasteiger charge is -2.09. The molecular weight excluding hydrogens is 354 g/mol. The molecule has 1 aliphatic heterocycles. The first-order chi connectivity index (χ1) is 11.3. The summed E-state index contributed by atoms with van der Waals surface area (Å²) in [5.41, 5.74) is 4.89. The van der Waals surface area contributed by atoms with Gasteiger partial charge in [0.05, 0.1) is 12.2 Å². The maximum Gasteiger partial charge on any atom is 0.172 e. The van der Waals surface area contributed by atoms with Gasteiger partial charge in [0.15, 0.2) is 11.4 Å². The monoisotopic (exact) mass is 365 g/mol. The Kier molecular flexibility index (Phi) is 2.73. The lowest BCUT2D eigenvalue weighted by molar-refractivity contribution is 0.661. The van der Waals surface area contributed by atoms with Gasteiger partial charge in [-0.05, 0) is 29.8 Å². The largest absolute Gasteiger partial charge is 0.453 e. The highest BCUT2D eigenvalue weighted by molar-refractivity contribution is 9.10. The predicted octanol–water partition coefficient (Wildman–Crippen LogP) is 4.85. The number of halogens is 1. The van der Waals surface area contributed by atoms with Crippen LogP contribution in [0.25, 0.3) is 22.1 Å². The highest BCUT2D eigenvalue weighted by atomic mass is 79.9. The molecule has 112 valence electrons. The summed E-state index contributed by atoms with van der Waals surface area (Å²) in [5.74, 6) is 0.802. The second kappa shape index (κ2) is 4.80. The number of rotatable bonds is 1. The molecule has 1 N–H and O–H groups in total. The van der Waals surface area contributed by atoms with E-state index in [0.29, 0.717) is 0 Å². The molecule has 5 rings (SSSR count). The number of benzene rings is 2. The Bertz CT molecular complexity index is 1030. The van der Waals surface area contributed by atoms with Crippen LogP contribution in [0.1, 0.15) is 17.4 Å². The Morgan fingerprint density at radius 2 is 2.04 bits per heavy atom. The number of furan rings is 1. The summed E-state index contributed by atoms with van der Waals surface area (Å²) < 4.78 is 6.83. The van der Waals surface area contributed by atoms with Gasteiger partial charge in [-0.3, -0.25) is 0 Å². The smallest absolute Gasteiger partial charge is 0.172 e. The number of hydrogen-bond donors (Lipinski definition) is 1. The van der Waals surface area contributed by atoms with Crippen molar-refractivity contribution < 1.29 is 4.42 Å². The van der Waals surface area contributed by atoms with Gasteiger partial charge >= 0.3 is 0 Å². The second-order valence-corrected chi connectivity index (χ2v) is 6.66. The molecule has 4 nitrogen and oxygen atoms in total. The fourth-order valence-corrected chi connectivity index (χ4v) is 3.53. The first-order valence-electron chi connectivity index (χ1n) is 7.47. The fourth-order valence-electron chi connectivity index (χ4n) is 3.17. The number of para-hydroxylation sites is 1. The minimum absolute atomic E-state index is 0.105. The second-order valence-electron chi connectivity index (χ2n) is 5.74. The van der Waals surface area contributed by atoms with E-state index in [2.05, 4.69) is 44.4 Å². The van der Waals surface area contributed by atoms with Crippen LogP contribution in [0.5, 0.6) is 0 Å². The standard InChI is InChI=1S/C18H12BrN3O/c19-11-5-6-15-12(8-11)17-16(23-15)9-20-18(22-17)14-7-10-3-1-2-4-13(10)21-14/h1-6,8-9,14,21H,7H2/t14-/m0/s1. The van der Waals surface area contributed by atoms with Gasteiger partial charge in [0.2, 0.25) is 0 Å². The van der Waals surface area contributed by atoms with E-state index in [1.54, 1.807) is 6.20 Å². The minimum Gasteiger partial charge on any atom is -0.453 e. The van der Waals surface area contributed by atoms with E-state index >= 15 is 0 Å². The Morgan fingerprint density at radius 3 is 2.96 bits per heavy atom. The van der Waals surface area contributed by atoms with Crippen molar-refractivity contribution in [2.24, 2.45) is 0 Å². The molecule has 0 unspecified atom stereocenters. The summed E-state index contributed by atoms with van der Waals surface area (Å²) in [4.78, 5) is 9.29. The number of hydrogen-bond acceptors (Lipinski definition) is 4. The zero-order valence-electron chi connectivity index (χ0n) is 12.1. The number of aromatic nitrogens is 2. The maximum atomic E-state index is 5.82. The van der Waals surface area contributed by atoms with Gasteiger partial charge in [-0.1, -0.05) is 34.1 Å². The Balaban J connectivity index is 1.63. The zero-order valence-corrected chi connectivity index (χ0v) is 13.7. The lowest BCUT2D eigenvalue weighted by atomic mass is 10.1. The Morgan fingerprint density at radius 1 is 1.13 bits per heavy atom. The average molecular weight is 366 g/mol. The van der Waals surface area contributed by atoms with Crippen LogP contribution in [0.15, 0.2) is 57.6 Å². The Hall–Kier alpha value is -2.40. The molecule has 0 amide bonds. The average Bonchev–Trinajstić information content (AvgIpc) is 3.15. The van der Waals surface area contributed by atoms with E-state index < -0.39 is 0 Å². The van der Waals surface area contributed by atoms with Crippen LogP contribution in [-0.2, 0) is 6.42 Å². The van der Waals surface area contributed by atoms with Crippen molar-refractivity contribution in [1.29, 1.82) is 0 Å². The van der Waals surface area contributed by atoms with Gasteiger partial charge in [-0.2, -0.15) is 0 Å². The summed E-state index contributed by atoms with van der Waals surface area (Å²) in [5, 5.41) is 4.51. The molecule has 0 bridgehead atoms. The highest BCUT2D eigenvalue weighted by Gasteiger charge is 2.24. The van der Waals surface area contributed by atoms with Gasteiger partial charge in [0.1, 0.15) is 11.1 Å². The molecule has 0 saturated carbocycles. The lowest BCUT2D eigenvalue weighted by Crippen LogP contribution is -2.09. The van der Waals surface area contributed by atoms with Gasteiger partial charge in [-0.25, -0.2) is 9.97 Å². The highest BCUT2D eigenvalue weighted by Crippen LogP contribution is 2.34. The van der Waals surface area contributed by atoms with Gasteiger partial charge in [0.25, 0.3) is 0 Å². The van der Waals surface area contributed by atoms with Gasteiger partial charge in [0, 0.05) is 22.0 Å². The van der Waals surface area contributed by atoms with Crippen LogP contribution < -0.4 is 5.32 Å². The zero-order chi connectivity index (χ0) is 15.4. The molecule has 23 heavy (non-hydrogen) atoms.